The number of hydrogen-bond donors (Lipinski definition) is 2. The summed E-state index contributed by atoms with van der Waals surface area (Å²) >= 11 is 11.5. The van der Waals surface area contributed by atoms with E-state index in [9.17, 15) is 18.0 Å². The summed E-state index contributed by atoms with van der Waals surface area (Å²) in [5.41, 5.74) is 8.67. The van der Waals surface area contributed by atoms with E-state index in [4.69, 9.17) is 28.9 Å². The molecule has 2 saturated heterocycles. The van der Waals surface area contributed by atoms with E-state index < -0.39 is 10.0 Å². The smallest absolute Gasteiger partial charge is 0.229 e. The van der Waals surface area contributed by atoms with Gasteiger partial charge in [-0.15, -0.1) is 20.4 Å². The standard InChI is InChI=1S/C17H20ClN5O3S.C16H18ClN5O/c1-27(25,26)21-14-4-2-13(3-5-14)12-17(24)23-10-8-22(9-11-23)16-7-6-15(18)19-20-16;17-14-5-6-15(20-19-14)21-7-9-22(10-8-21)16(23)11-12-1-3-13(18)4-2-12/h2-7,21H,8-12H2,1H3;1-6H,7-11,18H2. The van der Waals surface area contributed by atoms with Gasteiger partial charge in [-0.2, -0.15) is 0 Å². The number of sulfonamides is 1. The molecular weight excluding hydrogens is 703 g/mol. The highest BCUT2D eigenvalue weighted by Gasteiger charge is 2.23. The van der Waals surface area contributed by atoms with Crippen molar-refractivity contribution in [3.05, 3.63) is 94.2 Å². The van der Waals surface area contributed by atoms with Crippen LogP contribution in [0.25, 0.3) is 0 Å². The molecule has 14 nitrogen and oxygen atoms in total. The van der Waals surface area contributed by atoms with E-state index >= 15 is 0 Å². The third-order valence-corrected chi connectivity index (χ3v) is 9.11. The topological polar surface area (TPSA) is 171 Å². The first-order valence-electron chi connectivity index (χ1n) is 15.9. The monoisotopic (exact) mass is 740 g/mol. The molecule has 0 bridgehead atoms. The lowest BCUT2D eigenvalue weighted by Gasteiger charge is -2.35. The molecule has 0 unspecified atom stereocenters. The Morgan fingerprint density at radius 2 is 1.04 bits per heavy atom. The van der Waals surface area contributed by atoms with E-state index in [1.165, 1.54) is 0 Å². The molecule has 2 aliphatic rings. The molecule has 4 aromatic rings. The quantitative estimate of drug-likeness (QED) is 0.255. The molecule has 0 atom stereocenters. The van der Waals surface area contributed by atoms with Crippen LogP contribution in [0.1, 0.15) is 11.1 Å². The van der Waals surface area contributed by atoms with Gasteiger partial charge in [-0.25, -0.2) is 8.42 Å². The Balaban J connectivity index is 0.000000197. The predicted octanol–water partition coefficient (Wildman–Crippen LogP) is 3.00. The Kier molecular flexibility index (Phi) is 12.3. The van der Waals surface area contributed by atoms with Crippen molar-refractivity contribution in [1.29, 1.82) is 0 Å². The maximum Gasteiger partial charge on any atom is 0.229 e. The van der Waals surface area contributed by atoms with E-state index in [1.807, 2.05) is 46.2 Å². The molecule has 0 spiro atoms. The van der Waals surface area contributed by atoms with Gasteiger partial charge in [-0.1, -0.05) is 47.5 Å². The van der Waals surface area contributed by atoms with E-state index in [0.717, 1.165) is 42.1 Å². The van der Waals surface area contributed by atoms with Crippen LogP contribution in [-0.4, -0.2) is 109 Å². The van der Waals surface area contributed by atoms with Crippen molar-refractivity contribution in [3.63, 3.8) is 0 Å². The first-order valence-corrected chi connectivity index (χ1v) is 18.5. The van der Waals surface area contributed by atoms with Crippen LogP contribution < -0.4 is 20.3 Å². The average Bonchev–Trinajstić information content (AvgIpc) is 3.10. The van der Waals surface area contributed by atoms with Crippen LogP contribution in [0.15, 0.2) is 72.8 Å². The molecule has 2 amide bonds. The van der Waals surface area contributed by atoms with Gasteiger partial charge >= 0.3 is 0 Å². The number of halogens is 2. The molecule has 0 saturated carbocycles. The molecule has 17 heteroatoms. The van der Waals surface area contributed by atoms with Crippen LogP contribution in [0, 0.1) is 0 Å². The fraction of sp³-hybridized carbons (Fsp3) is 0.333. The number of anilines is 4. The van der Waals surface area contributed by atoms with Gasteiger partial charge in [-0.05, 0) is 59.7 Å². The summed E-state index contributed by atoms with van der Waals surface area (Å²) in [4.78, 5) is 32.8. The number of nitrogen functional groups attached to an aromatic ring is 1. The maximum absolute atomic E-state index is 12.5. The first-order chi connectivity index (χ1) is 23.9. The van der Waals surface area contributed by atoms with Crippen LogP contribution in [0.5, 0.6) is 0 Å². The molecule has 2 fully saturated rings. The molecular formula is C33H38Cl2N10O4S. The number of rotatable bonds is 8. The molecule has 2 aromatic carbocycles. The maximum atomic E-state index is 12.5. The van der Waals surface area contributed by atoms with Crippen LogP contribution in [0.4, 0.5) is 23.0 Å². The number of benzene rings is 2. The summed E-state index contributed by atoms with van der Waals surface area (Å²) < 4.78 is 24.9. The highest BCUT2D eigenvalue weighted by atomic mass is 35.5. The van der Waals surface area contributed by atoms with Gasteiger partial charge in [0, 0.05) is 63.7 Å². The number of carbonyl (C=O) groups is 2. The molecule has 4 heterocycles. The van der Waals surface area contributed by atoms with Crippen molar-refractivity contribution in [2.75, 3.05) is 78.9 Å². The van der Waals surface area contributed by atoms with E-state index in [0.29, 0.717) is 67.4 Å². The van der Waals surface area contributed by atoms with Crippen molar-refractivity contribution in [1.82, 2.24) is 30.2 Å². The number of aromatic nitrogens is 4. The SMILES string of the molecule is CS(=O)(=O)Nc1ccc(CC(=O)N2CCN(c3ccc(Cl)nn3)CC2)cc1.Nc1ccc(CC(=O)N2CCN(c3ccc(Cl)nn3)CC2)cc1. The zero-order chi connectivity index (χ0) is 35.7. The van der Waals surface area contributed by atoms with E-state index in [-0.39, 0.29) is 18.2 Å². The van der Waals surface area contributed by atoms with Gasteiger partial charge in [-0.3, -0.25) is 14.3 Å². The summed E-state index contributed by atoms with van der Waals surface area (Å²) in [5, 5.41) is 16.6. The van der Waals surface area contributed by atoms with E-state index in [1.54, 1.807) is 36.4 Å². The Morgan fingerprint density at radius 3 is 1.40 bits per heavy atom. The molecule has 2 aliphatic heterocycles. The van der Waals surface area contributed by atoms with Gasteiger partial charge in [0.05, 0.1) is 19.1 Å². The van der Waals surface area contributed by atoms with Gasteiger partial charge < -0.3 is 25.3 Å². The number of carbonyl (C=O) groups excluding carboxylic acids is 2. The second kappa shape index (κ2) is 16.8. The van der Waals surface area contributed by atoms with Crippen molar-refractivity contribution in [2.24, 2.45) is 0 Å². The molecule has 0 radical (unpaired) electrons. The Bertz CT molecular complexity index is 1830. The minimum Gasteiger partial charge on any atom is -0.399 e. The van der Waals surface area contributed by atoms with Crippen LogP contribution in [-0.2, 0) is 32.5 Å². The molecule has 6 rings (SSSR count). The minimum atomic E-state index is -3.31. The van der Waals surface area contributed by atoms with Crippen molar-refractivity contribution in [3.8, 4) is 0 Å². The van der Waals surface area contributed by atoms with Gasteiger partial charge in [0.2, 0.25) is 21.8 Å². The highest BCUT2D eigenvalue weighted by molar-refractivity contribution is 7.92. The van der Waals surface area contributed by atoms with Crippen LogP contribution >= 0.6 is 23.2 Å². The number of nitrogens with zero attached hydrogens (tertiary/aromatic N) is 8. The number of nitrogens with two attached hydrogens (primary N) is 1. The Morgan fingerprint density at radius 1 is 0.640 bits per heavy atom. The molecule has 264 valence electrons. The van der Waals surface area contributed by atoms with Crippen molar-refractivity contribution < 1.29 is 18.0 Å². The van der Waals surface area contributed by atoms with Crippen LogP contribution in [0.2, 0.25) is 10.3 Å². The Hall–Kier alpha value is -4.73. The lowest BCUT2D eigenvalue weighted by atomic mass is 10.1. The fourth-order valence-electron chi connectivity index (χ4n) is 5.44. The zero-order valence-corrected chi connectivity index (χ0v) is 29.8. The van der Waals surface area contributed by atoms with Gasteiger partial charge in [0.15, 0.2) is 21.9 Å². The van der Waals surface area contributed by atoms with E-state index in [2.05, 4.69) is 34.9 Å². The number of piperazine rings is 2. The fourth-order valence-corrected chi connectivity index (χ4v) is 6.20. The van der Waals surface area contributed by atoms with Gasteiger partial charge in [0.25, 0.3) is 0 Å². The highest BCUT2D eigenvalue weighted by Crippen LogP contribution is 2.18. The molecule has 0 aliphatic carbocycles. The third-order valence-electron chi connectivity index (χ3n) is 8.10. The third kappa shape index (κ3) is 10.9. The molecule has 3 N–H and O–H groups in total. The number of amides is 2. The minimum absolute atomic E-state index is 0.0423. The Labute approximate surface area is 301 Å². The second-order valence-corrected chi connectivity index (χ2v) is 14.4. The van der Waals surface area contributed by atoms with Crippen LogP contribution in [0.3, 0.4) is 0 Å². The first kappa shape index (κ1) is 36.5. The largest absolute Gasteiger partial charge is 0.399 e. The van der Waals surface area contributed by atoms with Crippen molar-refractivity contribution in [2.45, 2.75) is 12.8 Å². The number of hydrogen-bond acceptors (Lipinski definition) is 11. The normalized spacial score (nSPS) is 14.9. The summed E-state index contributed by atoms with van der Waals surface area (Å²) in [6.07, 6.45) is 1.78. The summed E-state index contributed by atoms with van der Waals surface area (Å²) in [6.45, 7) is 5.41. The zero-order valence-electron chi connectivity index (χ0n) is 27.5. The lowest BCUT2D eigenvalue weighted by molar-refractivity contribution is -0.131. The second-order valence-electron chi connectivity index (χ2n) is 11.8. The summed E-state index contributed by atoms with van der Waals surface area (Å²) in [6, 6.07) is 21.3. The molecule has 50 heavy (non-hydrogen) atoms. The van der Waals surface area contributed by atoms with Gasteiger partial charge in [0.1, 0.15) is 0 Å². The molecule has 2 aromatic heterocycles. The summed E-state index contributed by atoms with van der Waals surface area (Å²) in [5.74, 6) is 1.72. The predicted molar refractivity (Wildman–Crippen MR) is 195 cm³/mol. The average molecular weight is 742 g/mol. The number of nitrogens with one attached hydrogen (secondary N) is 1. The van der Waals surface area contributed by atoms with Crippen molar-refractivity contribution >= 4 is 68.1 Å². The lowest BCUT2D eigenvalue weighted by Crippen LogP contribution is -2.49. The summed E-state index contributed by atoms with van der Waals surface area (Å²) in [7, 11) is -3.31.